The van der Waals surface area contributed by atoms with E-state index >= 15 is 0 Å². The average molecular weight is 310 g/mol. The molecule has 0 spiro atoms. The van der Waals surface area contributed by atoms with Gasteiger partial charge in [0.1, 0.15) is 0 Å². The Balaban J connectivity index is 1.75. The van der Waals surface area contributed by atoms with Gasteiger partial charge >= 0.3 is 0 Å². The number of benzene rings is 1. The first-order chi connectivity index (χ1) is 11.2. The Morgan fingerprint density at radius 3 is 2.91 bits per heavy atom. The lowest BCUT2D eigenvalue weighted by Gasteiger charge is -2.26. The molecule has 1 aliphatic rings. The summed E-state index contributed by atoms with van der Waals surface area (Å²) >= 11 is 0. The quantitative estimate of drug-likeness (QED) is 0.858. The fourth-order valence-electron chi connectivity index (χ4n) is 3.03. The van der Waals surface area contributed by atoms with E-state index in [0.717, 1.165) is 42.9 Å². The van der Waals surface area contributed by atoms with Crippen LogP contribution in [0.25, 0.3) is 0 Å². The molecule has 2 heterocycles. The lowest BCUT2D eigenvalue weighted by Crippen LogP contribution is -2.32. The maximum atomic E-state index is 12.5. The Bertz CT molecular complexity index is 705. The molecule has 0 aliphatic carbocycles. The molecule has 1 aromatic carbocycles. The minimum atomic E-state index is -0.105. The first kappa shape index (κ1) is 15.5. The Morgan fingerprint density at radius 1 is 1.39 bits per heavy atom. The number of rotatable bonds is 5. The van der Waals surface area contributed by atoms with Gasteiger partial charge in [-0.1, -0.05) is 36.4 Å². The van der Waals surface area contributed by atoms with E-state index < -0.39 is 0 Å². The van der Waals surface area contributed by atoms with Crippen LogP contribution in [0.4, 0.5) is 0 Å². The third kappa shape index (κ3) is 3.35. The van der Waals surface area contributed by atoms with E-state index in [1.807, 2.05) is 48.1 Å². The number of carbonyl (C=O) groups is 1. The molecular formula is C18H22N4O. The van der Waals surface area contributed by atoms with Crippen molar-refractivity contribution in [3.8, 4) is 0 Å². The van der Waals surface area contributed by atoms with Crippen molar-refractivity contribution in [2.24, 2.45) is 7.05 Å². The van der Waals surface area contributed by atoms with E-state index in [1.54, 1.807) is 0 Å². The van der Waals surface area contributed by atoms with E-state index in [-0.39, 0.29) is 5.91 Å². The van der Waals surface area contributed by atoms with Gasteiger partial charge in [0.05, 0.1) is 0 Å². The maximum absolute atomic E-state index is 12.5. The average Bonchev–Trinajstić information content (AvgIpc) is 2.90. The zero-order valence-electron chi connectivity index (χ0n) is 13.5. The van der Waals surface area contributed by atoms with E-state index in [1.165, 1.54) is 0 Å². The second-order valence-electron chi connectivity index (χ2n) is 5.84. The molecule has 5 nitrogen and oxygen atoms in total. The van der Waals surface area contributed by atoms with Gasteiger partial charge in [-0.05, 0) is 5.56 Å². The number of nitrogens with one attached hydrogen (secondary N) is 1. The number of nitrogens with zero attached hydrogens (tertiary/aromatic N) is 3. The number of carbonyl (C=O) groups excluding carboxylic acids is 1. The molecule has 0 fully saturated rings. The molecule has 0 bridgehead atoms. The van der Waals surface area contributed by atoms with Crippen LogP contribution in [0.2, 0.25) is 0 Å². The van der Waals surface area contributed by atoms with Crippen LogP contribution in [0.1, 0.15) is 27.3 Å². The number of hydrogen-bond donors (Lipinski definition) is 1. The second-order valence-corrected chi connectivity index (χ2v) is 5.84. The summed E-state index contributed by atoms with van der Waals surface area (Å²) < 4.78 is 1.85. The van der Waals surface area contributed by atoms with Crippen LogP contribution in [0, 0.1) is 0 Å². The molecule has 2 aromatic rings. The van der Waals surface area contributed by atoms with Crippen molar-refractivity contribution in [1.29, 1.82) is 0 Å². The highest BCUT2D eigenvalue weighted by atomic mass is 16.1. The summed E-state index contributed by atoms with van der Waals surface area (Å²) in [6.07, 6.45) is 2.81. The lowest BCUT2D eigenvalue weighted by atomic mass is 10.0. The topological polar surface area (TPSA) is 50.2 Å². The Labute approximate surface area is 136 Å². The lowest BCUT2D eigenvalue weighted by molar-refractivity contribution is 0.0943. The van der Waals surface area contributed by atoms with Gasteiger partial charge in [0.15, 0.2) is 5.69 Å². The van der Waals surface area contributed by atoms with Gasteiger partial charge in [-0.25, -0.2) is 0 Å². The minimum Gasteiger partial charge on any atom is -0.347 e. The van der Waals surface area contributed by atoms with E-state index in [4.69, 9.17) is 0 Å². The fraction of sp³-hybridized carbons (Fsp3) is 0.333. The van der Waals surface area contributed by atoms with Crippen molar-refractivity contribution < 1.29 is 4.79 Å². The molecule has 1 aliphatic heterocycles. The van der Waals surface area contributed by atoms with Crippen molar-refractivity contribution >= 4 is 5.91 Å². The van der Waals surface area contributed by atoms with Crippen molar-refractivity contribution in [2.45, 2.75) is 19.5 Å². The highest BCUT2D eigenvalue weighted by Gasteiger charge is 2.26. The third-order valence-corrected chi connectivity index (χ3v) is 4.22. The first-order valence-corrected chi connectivity index (χ1v) is 7.89. The molecule has 0 saturated carbocycles. The molecule has 0 unspecified atom stereocenters. The minimum absolute atomic E-state index is 0.105. The van der Waals surface area contributed by atoms with Gasteiger partial charge < -0.3 is 5.32 Å². The summed E-state index contributed by atoms with van der Waals surface area (Å²) in [6, 6.07) is 9.91. The Morgan fingerprint density at radius 2 is 2.17 bits per heavy atom. The summed E-state index contributed by atoms with van der Waals surface area (Å²) in [6.45, 7) is 6.87. The zero-order chi connectivity index (χ0) is 16.2. The van der Waals surface area contributed by atoms with Gasteiger partial charge in [-0.3, -0.25) is 14.4 Å². The zero-order valence-corrected chi connectivity index (χ0v) is 13.5. The number of fused-ring (bicyclic) bond motifs is 1. The molecule has 120 valence electrons. The van der Waals surface area contributed by atoms with E-state index in [2.05, 4.69) is 21.9 Å². The highest BCUT2D eigenvalue weighted by Crippen LogP contribution is 2.22. The molecule has 0 radical (unpaired) electrons. The van der Waals surface area contributed by atoms with E-state index in [0.29, 0.717) is 12.2 Å². The van der Waals surface area contributed by atoms with Gasteiger partial charge in [0.2, 0.25) is 0 Å². The predicted octanol–water partition coefficient (Wildman–Crippen LogP) is 1.89. The highest BCUT2D eigenvalue weighted by molar-refractivity contribution is 5.94. The summed E-state index contributed by atoms with van der Waals surface area (Å²) in [5, 5.41) is 7.42. The molecule has 0 atom stereocenters. The van der Waals surface area contributed by atoms with Crippen molar-refractivity contribution in [1.82, 2.24) is 20.0 Å². The normalized spacial score (nSPS) is 14.3. The number of hydrogen-bond acceptors (Lipinski definition) is 3. The van der Waals surface area contributed by atoms with Crippen LogP contribution in [0.5, 0.6) is 0 Å². The second kappa shape index (κ2) is 6.79. The van der Waals surface area contributed by atoms with Crippen molar-refractivity contribution in [3.63, 3.8) is 0 Å². The Hall–Kier alpha value is -2.40. The third-order valence-electron chi connectivity index (χ3n) is 4.22. The predicted molar refractivity (Wildman–Crippen MR) is 90.0 cm³/mol. The van der Waals surface area contributed by atoms with Gasteiger partial charge in [0, 0.05) is 50.9 Å². The summed E-state index contributed by atoms with van der Waals surface area (Å²) in [4.78, 5) is 14.8. The van der Waals surface area contributed by atoms with Crippen molar-refractivity contribution in [2.75, 3.05) is 13.1 Å². The molecule has 1 amide bonds. The molecule has 0 saturated heterocycles. The molecule has 23 heavy (non-hydrogen) atoms. The van der Waals surface area contributed by atoms with Gasteiger partial charge in [-0.2, -0.15) is 5.10 Å². The van der Waals surface area contributed by atoms with E-state index in [9.17, 15) is 4.79 Å². The molecule has 3 rings (SSSR count). The van der Waals surface area contributed by atoms with Gasteiger partial charge in [-0.15, -0.1) is 6.58 Å². The van der Waals surface area contributed by atoms with Crippen LogP contribution in [0.15, 0.2) is 43.0 Å². The maximum Gasteiger partial charge on any atom is 0.272 e. The van der Waals surface area contributed by atoms with Crippen molar-refractivity contribution in [3.05, 3.63) is 65.5 Å². The largest absolute Gasteiger partial charge is 0.347 e. The van der Waals surface area contributed by atoms with Crippen LogP contribution in [0.3, 0.4) is 0 Å². The summed E-state index contributed by atoms with van der Waals surface area (Å²) in [5.74, 6) is -0.105. The summed E-state index contributed by atoms with van der Waals surface area (Å²) in [5.41, 5.74) is 3.84. The summed E-state index contributed by atoms with van der Waals surface area (Å²) in [7, 11) is 1.91. The number of aryl methyl sites for hydroxylation is 1. The number of aromatic nitrogens is 2. The fourth-order valence-corrected chi connectivity index (χ4v) is 3.03. The smallest absolute Gasteiger partial charge is 0.272 e. The Kier molecular flexibility index (Phi) is 4.57. The van der Waals surface area contributed by atoms with Crippen LogP contribution in [-0.2, 0) is 26.6 Å². The first-order valence-electron chi connectivity index (χ1n) is 7.89. The molecule has 1 N–H and O–H groups in total. The standard InChI is InChI=1S/C18H22N4O/c1-3-10-22-11-9-16-15(13-22)17(20-21(16)2)18(23)19-12-14-7-5-4-6-8-14/h3-8H,1,9-13H2,2H3,(H,19,23). The monoisotopic (exact) mass is 310 g/mol. The molecule has 1 aromatic heterocycles. The van der Waals surface area contributed by atoms with Crippen LogP contribution in [-0.4, -0.2) is 33.7 Å². The number of amides is 1. The molecular weight excluding hydrogens is 288 g/mol. The SMILES string of the molecule is C=CCN1CCc2c(c(C(=O)NCc3ccccc3)nn2C)C1. The van der Waals surface area contributed by atoms with Crippen LogP contribution < -0.4 is 5.32 Å². The molecule has 5 heteroatoms. The van der Waals surface area contributed by atoms with Crippen LogP contribution >= 0.6 is 0 Å². The van der Waals surface area contributed by atoms with Gasteiger partial charge in [0.25, 0.3) is 5.91 Å².